The zero-order chi connectivity index (χ0) is 15.2. The summed E-state index contributed by atoms with van der Waals surface area (Å²) in [6.45, 7) is 4.62. The summed E-state index contributed by atoms with van der Waals surface area (Å²) in [6.07, 6.45) is 2.81. The van der Waals surface area contributed by atoms with Crippen molar-refractivity contribution in [2.45, 2.75) is 38.0 Å². The van der Waals surface area contributed by atoms with E-state index in [9.17, 15) is 13.2 Å². The molecule has 1 aromatic carbocycles. The van der Waals surface area contributed by atoms with Crippen molar-refractivity contribution in [2.75, 3.05) is 6.54 Å². The topological polar surface area (TPSA) is 83.5 Å². The van der Waals surface area contributed by atoms with Crippen LogP contribution >= 0.6 is 0 Å². The minimum atomic E-state index is -3.63. The van der Waals surface area contributed by atoms with Crippen LogP contribution in [0.5, 0.6) is 0 Å². The van der Waals surface area contributed by atoms with Gasteiger partial charge in [-0.1, -0.05) is 32.8 Å². The van der Waals surface area contributed by atoms with Gasteiger partial charge in [-0.3, -0.25) is 0 Å². The number of hydrogen-bond donors (Lipinski definition) is 2. The first-order valence-corrected chi connectivity index (χ1v) is 8.14. The molecule has 0 fully saturated rings. The number of aromatic carboxylic acids is 1. The van der Waals surface area contributed by atoms with Gasteiger partial charge in [-0.25, -0.2) is 17.9 Å². The zero-order valence-electron chi connectivity index (χ0n) is 11.8. The van der Waals surface area contributed by atoms with Crippen LogP contribution in [-0.2, 0) is 10.0 Å². The molecule has 20 heavy (non-hydrogen) atoms. The lowest BCUT2D eigenvalue weighted by Gasteiger charge is -2.08. The van der Waals surface area contributed by atoms with Gasteiger partial charge in [0.25, 0.3) is 0 Å². The average molecular weight is 299 g/mol. The van der Waals surface area contributed by atoms with E-state index >= 15 is 0 Å². The predicted molar refractivity (Wildman–Crippen MR) is 77.3 cm³/mol. The number of sulfonamides is 1. The summed E-state index contributed by atoms with van der Waals surface area (Å²) in [4.78, 5) is 10.8. The SMILES string of the molecule is CC(C)CCCCNS(=O)(=O)c1cccc(C(=O)O)c1. The van der Waals surface area contributed by atoms with Crippen LogP contribution in [0.1, 0.15) is 43.5 Å². The number of benzene rings is 1. The Labute approximate surface area is 120 Å². The lowest BCUT2D eigenvalue weighted by molar-refractivity contribution is 0.0696. The quantitative estimate of drug-likeness (QED) is 0.722. The zero-order valence-corrected chi connectivity index (χ0v) is 12.6. The fraction of sp³-hybridized carbons (Fsp3) is 0.500. The number of unbranched alkanes of at least 4 members (excludes halogenated alkanes) is 1. The van der Waals surface area contributed by atoms with Crippen LogP contribution < -0.4 is 4.72 Å². The molecule has 0 unspecified atom stereocenters. The molecule has 0 heterocycles. The smallest absolute Gasteiger partial charge is 0.335 e. The van der Waals surface area contributed by atoms with Crippen molar-refractivity contribution in [3.05, 3.63) is 29.8 Å². The third kappa shape index (κ3) is 5.30. The van der Waals surface area contributed by atoms with E-state index in [1.54, 1.807) is 0 Å². The van der Waals surface area contributed by atoms with E-state index < -0.39 is 16.0 Å². The lowest BCUT2D eigenvalue weighted by Crippen LogP contribution is -2.25. The van der Waals surface area contributed by atoms with Crippen molar-refractivity contribution in [1.29, 1.82) is 0 Å². The summed E-state index contributed by atoms with van der Waals surface area (Å²) < 4.78 is 26.5. The predicted octanol–water partition coefficient (Wildman–Crippen LogP) is 2.49. The van der Waals surface area contributed by atoms with E-state index in [1.165, 1.54) is 24.3 Å². The highest BCUT2D eigenvalue weighted by atomic mass is 32.2. The molecule has 5 nitrogen and oxygen atoms in total. The largest absolute Gasteiger partial charge is 0.478 e. The molecule has 0 aliphatic heterocycles. The minimum Gasteiger partial charge on any atom is -0.478 e. The van der Waals surface area contributed by atoms with Crippen molar-refractivity contribution >= 4 is 16.0 Å². The Hall–Kier alpha value is -1.40. The van der Waals surface area contributed by atoms with Gasteiger partial charge in [0.1, 0.15) is 0 Å². The maximum absolute atomic E-state index is 12.0. The summed E-state index contributed by atoms with van der Waals surface area (Å²) in [5.41, 5.74) is -0.0346. The van der Waals surface area contributed by atoms with Gasteiger partial charge in [-0.15, -0.1) is 0 Å². The van der Waals surface area contributed by atoms with Crippen LogP contribution in [-0.4, -0.2) is 26.0 Å². The van der Waals surface area contributed by atoms with E-state index in [1.807, 2.05) is 0 Å². The molecule has 1 rings (SSSR count). The average Bonchev–Trinajstić information content (AvgIpc) is 2.38. The Morgan fingerprint density at radius 3 is 2.60 bits per heavy atom. The molecule has 0 bridgehead atoms. The molecular weight excluding hydrogens is 278 g/mol. The first-order chi connectivity index (χ1) is 9.33. The van der Waals surface area contributed by atoms with Crippen LogP contribution in [0.15, 0.2) is 29.2 Å². The summed E-state index contributed by atoms with van der Waals surface area (Å²) in [6, 6.07) is 5.35. The fourth-order valence-electron chi connectivity index (χ4n) is 1.76. The molecule has 0 aliphatic rings. The van der Waals surface area contributed by atoms with E-state index in [0.29, 0.717) is 12.5 Å². The standard InChI is InChI=1S/C14H21NO4S/c1-11(2)6-3-4-9-15-20(18,19)13-8-5-7-12(10-13)14(16)17/h5,7-8,10-11,15H,3-4,6,9H2,1-2H3,(H,16,17). The van der Waals surface area contributed by atoms with Crippen molar-refractivity contribution in [3.63, 3.8) is 0 Å². The van der Waals surface area contributed by atoms with Crippen molar-refractivity contribution in [3.8, 4) is 0 Å². The van der Waals surface area contributed by atoms with Crippen LogP contribution in [0, 0.1) is 5.92 Å². The minimum absolute atomic E-state index is 0.0127. The van der Waals surface area contributed by atoms with E-state index in [4.69, 9.17) is 5.11 Å². The fourth-order valence-corrected chi connectivity index (χ4v) is 2.88. The van der Waals surface area contributed by atoms with E-state index in [0.717, 1.165) is 19.3 Å². The Morgan fingerprint density at radius 1 is 1.30 bits per heavy atom. The molecule has 112 valence electrons. The summed E-state index contributed by atoms with van der Waals surface area (Å²) in [7, 11) is -3.63. The van der Waals surface area contributed by atoms with Crippen LogP contribution in [0.3, 0.4) is 0 Å². The molecule has 0 saturated carbocycles. The molecule has 6 heteroatoms. The van der Waals surface area contributed by atoms with Crippen molar-refractivity contribution in [1.82, 2.24) is 4.72 Å². The summed E-state index contributed by atoms with van der Waals surface area (Å²) in [5, 5.41) is 8.86. The Bertz CT molecular complexity index is 552. The summed E-state index contributed by atoms with van der Waals surface area (Å²) in [5.74, 6) is -0.530. The van der Waals surface area contributed by atoms with Gasteiger partial charge in [0.2, 0.25) is 10.0 Å². The molecule has 0 aliphatic carbocycles. The second-order valence-corrected chi connectivity index (χ2v) is 6.89. The second-order valence-electron chi connectivity index (χ2n) is 5.12. The normalized spacial score (nSPS) is 11.8. The maximum Gasteiger partial charge on any atom is 0.335 e. The number of nitrogens with one attached hydrogen (secondary N) is 1. The van der Waals surface area contributed by atoms with Crippen LogP contribution in [0.2, 0.25) is 0 Å². The number of hydrogen-bond acceptors (Lipinski definition) is 3. The number of carbonyl (C=O) groups is 1. The Kier molecular flexibility index (Phi) is 6.16. The monoisotopic (exact) mass is 299 g/mol. The molecule has 2 N–H and O–H groups in total. The van der Waals surface area contributed by atoms with Gasteiger partial charge in [0.15, 0.2) is 0 Å². The van der Waals surface area contributed by atoms with Gasteiger partial charge in [0, 0.05) is 6.54 Å². The molecule has 0 saturated heterocycles. The molecule has 0 radical (unpaired) electrons. The number of rotatable bonds is 8. The second kappa shape index (κ2) is 7.40. The maximum atomic E-state index is 12.0. The lowest BCUT2D eigenvalue weighted by atomic mass is 10.1. The van der Waals surface area contributed by atoms with Crippen LogP contribution in [0.25, 0.3) is 0 Å². The highest BCUT2D eigenvalue weighted by Crippen LogP contribution is 2.12. The third-order valence-electron chi connectivity index (χ3n) is 2.89. The number of carboxylic acid groups (broad SMARTS) is 1. The molecule has 0 atom stereocenters. The first-order valence-electron chi connectivity index (χ1n) is 6.66. The highest BCUT2D eigenvalue weighted by Gasteiger charge is 2.15. The van der Waals surface area contributed by atoms with E-state index in [2.05, 4.69) is 18.6 Å². The summed E-state index contributed by atoms with van der Waals surface area (Å²) >= 11 is 0. The van der Waals surface area contributed by atoms with Crippen LogP contribution in [0.4, 0.5) is 0 Å². The van der Waals surface area contributed by atoms with Crippen molar-refractivity contribution in [2.24, 2.45) is 5.92 Å². The molecule has 1 aromatic rings. The highest BCUT2D eigenvalue weighted by molar-refractivity contribution is 7.89. The molecule has 0 amide bonds. The molecule has 0 spiro atoms. The van der Waals surface area contributed by atoms with Gasteiger partial charge < -0.3 is 5.11 Å². The molecule has 0 aromatic heterocycles. The molecular formula is C14H21NO4S. The third-order valence-corrected chi connectivity index (χ3v) is 4.35. The Morgan fingerprint density at radius 2 is 2.00 bits per heavy atom. The van der Waals surface area contributed by atoms with E-state index in [-0.39, 0.29) is 10.5 Å². The van der Waals surface area contributed by atoms with Gasteiger partial charge >= 0.3 is 5.97 Å². The Balaban J connectivity index is 2.60. The first kappa shape index (κ1) is 16.7. The number of carboxylic acids is 1. The van der Waals surface area contributed by atoms with Gasteiger partial charge in [-0.05, 0) is 30.5 Å². The van der Waals surface area contributed by atoms with Crippen molar-refractivity contribution < 1.29 is 18.3 Å². The van der Waals surface area contributed by atoms with Gasteiger partial charge in [-0.2, -0.15) is 0 Å². The van der Waals surface area contributed by atoms with Gasteiger partial charge in [0.05, 0.1) is 10.5 Å².